The van der Waals surface area contributed by atoms with E-state index in [1.54, 1.807) is 29.5 Å². The molecular formula is C22H15IN2O3S. The Balaban J connectivity index is 1.53. The number of esters is 1. The summed E-state index contributed by atoms with van der Waals surface area (Å²) in [5.41, 5.74) is 2.45. The molecule has 1 N–H and O–H groups in total. The lowest BCUT2D eigenvalue weighted by molar-refractivity contribution is -0.119. The largest absolute Gasteiger partial charge is 0.452 e. The Labute approximate surface area is 184 Å². The van der Waals surface area contributed by atoms with Crippen molar-refractivity contribution in [2.45, 2.75) is 0 Å². The van der Waals surface area contributed by atoms with Gasteiger partial charge in [0, 0.05) is 14.6 Å². The fraction of sp³-hybridized carbons (Fsp3) is 0.0455. The van der Waals surface area contributed by atoms with Gasteiger partial charge in [-0.1, -0.05) is 24.3 Å². The lowest BCUT2D eigenvalue weighted by atomic mass is 10.1. The van der Waals surface area contributed by atoms with Crippen LogP contribution in [0, 0.1) is 3.57 Å². The Morgan fingerprint density at radius 3 is 2.59 bits per heavy atom. The lowest BCUT2D eigenvalue weighted by Gasteiger charge is -2.10. The number of aromatic nitrogens is 1. The predicted octanol–water partition coefficient (Wildman–Crippen LogP) is 5.36. The van der Waals surface area contributed by atoms with Gasteiger partial charge in [-0.05, 0) is 70.4 Å². The number of hydrogen-bond donors (Lipinski definition) is 1. The molecule has 0 radical (unpaired) electrons. The van der Waals surface area contributed by atoms with Gasteiger partial charge in [0.15, 0.2) is 6.61 Å². The lowest BCUT2D eigenvalue weighted by Crippen LogP contribution is -2.21. The number of nitrogens with one attached hydrogen (secondary N) is 1. The first-order valence-electron chi connectivity index (χ1n) is 8.76. The number of thiophene rings is 1. The van der Waals surface area contributed by atoms with E-state index in [9.17, 15) is 9.59 Å². The number of nitrogens with zero attached hydrogens (tertiary/aromatic N) is 1. The summed E-state index contributed by atoms with van der Waals surface area (Å²) < 4.78 is 6.36. The number of amides is 1. The van der Waals surface area contributed by atoms with Crippen LogP contribution in [0.1, 0.15) is 10.4 Å². The number of benzene rings is 2. The number of anilines is 1. The Bertz CT molecular complexity index is 1170. The summed E-state index contributed by atoms with van der Waals surface area (Å²) in [6.07, 6.45) is 0. The highest BCUT2D eigenvalue weighted by molar-refractivity contribution is 14.1. The first-order valence-corrected chi connectivity index (χ1v) is 10.7. The van der Waals surface area contributed by atoms with Gasteiger partial charge in [0.05, 0.1) is 21.7 Å². The van der Waals surface area contributed by atoms with Crippen LogP contribution < -0.4 is 5.32 Å². The number of hydrogen-bond acceptors (Lipinski definition) is 5. The van der Waals surface area contributed by atoms with Gasteiger partial charge in [-0.25, -0.2) is 9.78 Å². The van der Waals surface area contributed by atoms with Crippen LogP contribution in [-0.2, 0) is 9.53 Å². The van der Waals surface area contributed by atoms with Gasteiger partial charge in [-0.15, -0.1) is 11.3 Å². The van der Waals surface area contributed by atoms with E-state index in [0.29, 0.717) is 27.8 Å². The number of fused-ring (bicyclic) bond motifs is 1. The first kappa shape index (κ1) is 19.5. The average Bonchev–Trinajstić information content (AvgIpc) is 3.28. The van der Waals surface area contributed by atoms with E-state index in [0.717, 1.165) is 8.45 Å². The molecule has 4 aromatic rings. The second kappa shape index (κ2) is 8.71. The smallest absolute Gasteiger partial charge is 0.339 e. The molecule has 2 aromatic carbocycles. The Morgan fingerprint density at radius 1 is 1.03 bits per heavy atom. The number of ether oxygens (including phenoxy) is 1. The number of para-hydroxylation sites is 1. The summed E-state index contributed by atoms with van der Waals surface area (Å²) in [5, 5.41) is 5.36. The van der Waals surface area contributed by atoms with Gasteiger partial charge in [0.2, 0.25) is 0 Å². The van der Waals surface area contributed by atoms with E-state index in [1.807, 2.05) is 53.9 Å². The maximum atomic E-state index is 12.8. The SMILES string of the molecule is O=C(COC(=O)c1cc(-c2cccs2)nc2ccccc12)Nc1ccc(I)cc1. The first-order chi connectivity index (χ1) is 14.1. The molecule has 0 bridgehead atoms. The monoisotopic (exact) mass is 514 g/mol. The second-order valence-corrected chi connectivity index (χ2v) is 8.37. The van der Waals surface area contributed by atoms with Crippen LogP contribution in [0.15, 0.2) is 72.1 Å². The van der Waals surface area contributed by atoms with Gasteiger partial charge in [0.1, 0.15) is 0 Å². The highest BCUT2D eigenvalue weighted by Gasteiger charge is 2.17. The molecule has 2 heterocycles. The normalized spacial score (nSPS) is 10.7. The van der Waals surface area contributed by atoms with Crippen LogP contribution in [0.5, 0.6) is 0 Å². The van der Waals surface area contributed by atoms with Gasteiger partial charge in [0.25, 0.3) is 5.91 Å². The van der Waals surface area contributed by atoms with Crippen LogP contribution in [0.25, 0.3) is 21.5 Å². The van der Waals surface area contributed by atoms with Crippen LogP contribution in [0.3, 0.4) is 0 Å². The van der Waals surface area contributed by atoms with Gasteiger partial charge < -0.3 is 10.1 Å². The van der Waals surface area contributed by atoms with Crippen molar-refractivity contribution in [2.24, 2.45) is 0 Å². The molecule has 0 spiro atoms. The van der Waals surface area contributed by atoms with Crippen molar-refractivity contribution in [3.63, 3.8) is 0 Å². The fourth-order valence-corrected chi connectivity index (χ4v) is 3.88. The van der Waals surface area contributed by atoms with Crippen LogP contribution in [-0.4, -0.2) is 23.5 Å². The molecule has 4 rings (SSSR count). The summed E-state index contributed by atoms with van der Waals surface area (Å²) in [5.74, 6) is -0.949. The number of carbonyl (C=O) groups excluding carboxylic acids is 2. The third-order valence-electron chi connectivity index (χ3n) is 4.17. The van der Waals surface area contributed by atoms with Crippen molar-refractivity contribution in [1.29, 1.82) is 0 Å². The summed E-state index contributed by atoms with van der Waals surface area (Å²) in [6, 6.07) is 20.4. The van der Waals surface area contributed by atoms with Crippen LogP contribution in [0.4, 0.5) is 5.69 Å². The summed E-state index contributed by atoms with van der Waals surface area (Å²) in [6.45, 7) is -0.365. The minimum absolute atomic E-state index is 0.365. The third kappa shape index (κ3) is 4.63. The maximum absolute atomic E-state index is 12.8. The van der Waals surface area contributed by atoms with Crippen molar-refractivity contribution in [3.05, 3.63) is 81.2 Å². The molecule has 0 atom stereocenters. The van der Waals surface area contributed by atoms with Gasteiger partial charge >= 0.3 is 5.97 Å². The van der Waals surface area contributed by atoms with Crippen LogP contribution >= 0.6 is 33.9 Å². The van der Waals surface area contributed by atoms with Gasteiger partial charge in [-0.3, -0.25) is 4.79 Å². The van der Waals surface area contributed by atoms with E-state index in [1.165, 1.54) is 0 Å². The zero-order chi connectivity index (χ0) is 20.2. The molecule has 0 saturated carbocycles. The Hall–Kier alpha value is -2.78. The van der Waals surface area contributed by atoms with Crippen molar-refractivity contribution in [3.8, 4) is 10.6 Å². The molecule has 0 unspecified atom stereocenters. The van der Waals surface area contributed by atoms with Crippen molar-refractivity contribution in [1.82, 2.24) is 4.98 Å². The molecular weight excluding hydrogens is 499 g/mol. The molecule has 0 aliphatic rings. The summed E-state index contributed by atoms with van der Waals surface area (Å²) in [7, 11) is 0. The maximum Gasteiger partial charge on any atom is 0.339 e. The van der Waals surface area contributed by atoms with E-state index < -0.39 is 11.9 Å². The molecule has 1 amide bonds. The van der Waals surface area contributed by atoms with E-state index in [2.05, 4.69) is 32.9 Å². The van der Waals surface area contributed by atoms with Crippen molar-refractivity contribution in [2.75, 3.05) is 11.9 Å². The predicted molar refractivity (Wildman–Crippen MR) is 123 cm³/mol. The molecule has 5 nitrogen and oxygen atoms in total. The zero-order valence-electron chi connectivity index (χ0n) is 15.1. The molecule has 7 heteroatoms. The molecule has 29 heavy (non-hydrogen) atoms. The highest BCUT2D eigenvalue weighted by Crippen LogP contribution is 2.28. The Morgan fingerprint density at radius 2 is 1.83 bits per heavy atom. The zero-order valence-corrected chi connectivity index (χ0v) is 18.1. The third-order valence-corrected chi connectivity index (χ3v) is 5.78. The molecule has 0 aliphatic carbocycles. The molecule has 0 aliphatic heterocycles. The molecule has 0 saturated heterocycles. The minimum Gasteiger partial charge on any atom is -0.452 e. The van der Waals surface area contributed by atoms with E-state index in [4.69, 9.17) is 4.74 Å². The Kier molecular flexibility index (Phi) is 5.86. The highest BCUT2D eigenvalue weighted by atomic mass is 127. The number of carbonyl (C=O) groups is 2. The van der Waals surface area contributed by atoms with Gasteiger partial charge in [-0.2, -0.15) is 0 Å². The quantitative estimate of drug-likeness (QED) is 0.288. The number of halogens is 1. The molecule has 0 fully saturated rings. The number of pyridine rings is 1. The second-order valence-electron chi connectivity index (χ2n) is 6.18. The topological polar surface area (TPSA) is 68.3 Å². The van der Waals surface area contributed by atoms with Crippen molar-refractivity contribution >= 4 is 62.4 Å². The minimum atomic E-state index is -0.556. The standard InChI is InChI=1S/C22H15IN2O3S/c23-14-7-9-15(10-8-14)24-21(26)13-28-22(27)17-12-19(20-6-3-11-29-20)25-18-5-2-1-4-16(17)18/h1-12H,13H2,(H,24,26). The van der Waals surface area contributed by atoms with E-state index >= 15 is 0 Å². The number of rotatable bonds is 5. The van der Waals surface area contributed by atoms with Crippen molar-refractivity contribution < 1.29 is 14.3 Å². The molecule has 144 valence electrons. The van der Waals surface area contributed by atoms with Crippen LogP contribution in [0.2, 0.25) is 0 Å². The summed E-state index contributed by atoms with van der Waals surface area (Å²) >= 11 is 3.73. The fourth-order valence-electron chi connectivity index (χ4n) is 2.83. The summed E-state index contributed by atoms with van der Waals surface area (Å²) in [4.78, 5) is 30.5. The average molecular weight is 514 g/mol. The van der Waals surface area contributed by atoms with E-state index in [-0.39, 0.29) is 6.61 Å². The molecule has 2 aromatic heterocycles.